The predicted octanol–water partition coefficient (Wildman–Crippen LogP) is -0.290. The predicted molar refractivity (Wildman–Crippen MR) is 61.7 cm³/mol. The lowest BCUT2D eigenvalue weighted by Crippen LogP contribution is -2.45. The van der Waals surface area contributed by atoms with Gasteiger partial charge in [-0.1, -0.05) is 13.3 Å². The largest absolute Gasteiger partial charge is 0.346 e. The first-order valence-electron chi connectivity index (χ1n) is 5.92. The van der Waals surface area contributed by atoms with Crippen molar-refractivity contribution in [3.05, 3.63) is 0 Å². The molecule has 1 aliphatic heterocycles. The lowest BCUT2D eigenvalue weighted by atomic mass is 9.96. The summed E-state index contributed by atoms with van der Waals surface area (Å²) in [5.41, 5.74) is 5.14. The number of nitrogens with two attached hydrogens (primary N) is 1. The smallest absolute Gasteiger partial charge is 0.241 e. The summed E-state index contributed by atoms with van der Waals surface area (Å²) in [6, 6.07) is 0. The number of hydrogen-bond donors (Lipinski definition) is 2. The highest BCUT2D eigenvalue weighted by molar-refractivity contribution is 5.85. The zero-order valence-corrected chi connectivity index (χ0v) is 9.87. The molecule has 0 aromatic heterocycles. The van der Waals surface area contributed by atoms with Crippen LogP contribution in [0.3, 0.4) is 0 Å². The summed E-state index contributed by atoms with van der Waals surface area (Å²) in [6.07, 6.45) is 3.38. The lowest BCUT2D eigenvalue weighted by molar-refractivity contribution is -0.134. The van der Waals surface area contributed by atoms with Crippen LogP contribution in [0.2, 0.25) is 0 Å². The molecule has 1 aliphatic rings. The van der Waals surface area contributed by atoms with Crippen molar-refractivity contribution in [3.63, 3.8) is 0 Å². The standard InChI is InChI=1S/C11H21N3O2/c1-2-9-4-3-5-14(8-9)11(16)7-13-10(15)6-12/h9H,2-8,12H2,1H3,(H,13,15). The van der Waals surface area contributed by atoms with Gasteiger partial charge >= 0.3 is 0 Å². The van der Waals surface area contributed by atoms with Crippen molar-refractivity contribution in [2.24, 2.45) is 11.7 Å². The monoisotopic (exact) mass is 227 g/mol. The van der Waals surface area contributed by atoms with E-state index in [2.05, 4.69) is 12.2 Å². The van der Waals surface area contributed by atoms with Gasteiger partial charge in [-0.25, -0.2) is 0 Å². The van der Waals surface area contributed by atoms with E-state index in [4.69, 9.17) is 5.73 Å². The van der Waals surface area contributed by atoms with Crippen molar-refractivity contribution in [1.29, 1.82) is 0 Å². The average Bonchev–Trinajstić information content (AvgIpc) is 2.35. The van der Waals surface area contributed by atoms with Crippen LogP contribution < -0.4 is 11.1 Å². The second-order valence-corrected chi connectivity index (χ2v) is 4.24. The molecule has 0 aromatic carbocycles. The van der Waals surface area contributed by atoms with Gasteiger partial charge < -0.3 is 16.0 Å². The van der Waals surface area contributed by atoms with Gasteiger partial charge in [0.2, 0.25) is 11.8 Å². The Labute approximate surface area is 96.4 Å². The number of hydrogen-bond acceptors (Lipinski definition) is 3. The van der Waals surface area contributed by atoms with E-state index in [0.717, 1.165) is 25.9 Å². The molecule has 0 aliphatic carbocycles. The number of piperidine rings is 1. The Kier molecular flexibility index (Phi) is 5.25. The number of carbonyl (C=O) groups is 2. The van der Waals surface area contributed by atoms with Crippen LogP contribution in [0.15, 0.2) is 0 Å². The van der Waals surface area contributed by atoms with Crippen molar-refractivity contribution in [2.75, 3.05) is 26.2 Å². The fourth-order valence-corrected chi connectivity index (χ4v) is 1.98. The Balaban J connectivity index is 2.32. The van der Waals surface area contributed by atoms with Gasteiger partial charge in [0.1, 0.15) is 0 Å². The highest BCUT2D eigenvalue weighted by atomic mass is 16.2. The maximum absolute atomic E-state index is 11.8. The molecule has 1 saturated heterocycles. The minimum Gasteiger partial charge on any atom is -0.346 e. The number of rotatable bonds is 4. The molecule has 1 rings (SSSR count). The van der Waals surface area contributed by atoms with Crippen molar-refractivity contribution >= 4 is 11.8 Å². The van der Waals surface area contributed by atoms with E-state index in [-0.39, 0.29) is 24.9 Å². The van der Waals surface area contributed by atoms with E-state index >= 15 is 0 Å². The number of carbonyl (C=O) groups excluding carboxylic acids is 2. The molecule has 1 atom stereocenters. The average molecular weight is 227 g/mol. The van der Waals surface area contributed by atoms with Crippen LogP contribution in [0.25, 0.3) is 0 Å². The molecule has 0 aromatic rings. The molecule has 5 heteroatoms. The second kappa shape index (κ2) is 6.48. The van der Waals surface area contributed by atoms with Crippen LogP contribution in [-0.2, 0) is 9.59 Å². The molecule has 2 amide bonds. The van der Waals surface area contributed by atoms with Crippen LogP contribution >= 0.6 is 0 Å². The summed E-state index contributed by atoms with van der Waals surface area (Å²) >= 11 is 0. The maximum Gasteiger partial charge on any atom is 0.241 e. The first kappa shape index (κ1) is 13.0. The van der Waals surface area contributed by atoms with E-state index in [1.807, 2.05) is 4.90 Å². The fraction of sp³-hybridized carbons (Fsp3) is 0.818. The minimum atomic E-state index is -0.280. The van der Waals surface area contributed by atoms with E-state index in [1.165, 1.54) is 6.42 Å². The van der Waals surface area contributed by atoms with Crippen molar-refractivity contribution in [1.82, 2.24) is 10.2 Å². The molecular formula is C11H21N3O2. The molecule has 1 fully saturated rings. The second-order valence-electron chi connectivity index (χ2n) is 4.24. The molecular weight excluding hydrogens is 206 g/mol. The maximum atomic E-state index is 11.8. The van der Waals surface area contributed by atoms with Gasteiger partial charge in [0.15, 0.2) is 0 Å². The molecule has 16 heavy (non-hydrogen) atoms. The van der Waals surface area contributed by atoms with Gasteiger partial charge in [-0.05, 0) is 18.8 Å². The zero-order chi connectivity index (χ0) is 12.0. The van der Waals surface area contributed by atoms with Gasteiger partial charge in [-0.2, -0.15) is 0 Å². The first-order valence-corrected chi connectivity index (χ1v) is 5.92. The van der Waals surface area contributed by atoms with Crippen molar-refractivity contribution < 1.29 is 9.59 Å². The summed E-state index contributed by atoms with van der Waals surface area (Å²) < 4.78 is 0. The SMILES string of the molecule is CCC1CCCN(C(=O)CNC(=O)CN)C1. The molecule has 0 saturated carbocycles. The molecule has 3 N–H and O–H groups in total. The number of nitrogens with one attached hydrogen (secondary N) is 1. The normalized spacial score (nSPS) is 20.6. The van der Waals surface area contributed by atoms with Gasteiger partial charge in [0.05, 0.1) is 13.1 Å². The van der Waals surface area contributed by atoms with Crippen molar-refractivity contribution in [2.45, 2.75) is 26.2 Å². The van der Waals surface area contributed by atoms with E-state index in [0.29, 0.717) is 5.92 Å². The Morgan fingerprint density at radius 3 is 2.88 bits per heavy atom. The topological polar surface area (TPSA) is 75.4 Å². The summed E-state index contributed by atoms with van der Waals surface area (Å²) in [7, 11) is 0. The third kappa shape index (κ3) is 3.81. The van der Waals surface area contributed by atoms with E-state index in [9.17, 15) is 9.59 Å². The van der Waals surface area contributed by atoms with E-state index < -0.39 is 0 Å². The number of amides is 2. The molecule has 1 unspecified atom stereocenters. The van der Waals surface area contributed by atoms with Gasteiger partial charge in [-0.3, -0.25) is 9.59 Å². The summed E-state index contributed by atoms with van der Waals surface area (Å²) in [6.45, 7) is 3.80. The minimum absolute atomic E-state index is 0.0000463. The molecule has 1 heterocycles. The van der Waals surface area contributed by atoms with E-state index in [1.54, 1.807) is 0 Å². The lowest BCUT2D eigenvalue weighted by Gasteiger charge is -2.32. The van der Waals surface area contributed by atoms with Crippen molar-refractivity contribution in [3.8, 4) is 0 Å². The number of likely N-dealkylation sites (tertiary alicyclic amines) is 1. The molecule has 0 spiro atoms. The summed E-state index contributed by atoms with van der Waals surface area (Å²) in [5.74, 6) is 0.334. The first-order chi connectivity index (χ1) is 7.67. The Hall–Kier alpha value is -1.10. The quantitative estimate of drug-likeness (QED) is 0.693. The third-order valence-electron chi connectivity index (χ3n) is 3.07. The summed E-state index contributed by atoms with van der Waals surface area (Å²) in [4.78, 5) is 24.5. The molecule has 92 valence electrons. The van der Waals surface area contributed by atoms with Crippen LogP contribution in [0, 0.1) is 5.92 Å². The fourth-order valence-electron chi connectivity index (χ4n) is 1.98. The molecule has 0 radical (unpaired) electrons. The third-order valence-corrected chi connectivity index (χ3v) is 3.07. The van der Waals surface area contributed by atoms with Crippen LogP contribution in [0.5, 0.6) is 0 Å². The van der Waals surface area contributed by atoms with Crippen LogP contribution in [0.1, 0.15) is 26.2 Å². The van der Waals surface area contributed by atoms with Crippen LogP contribution in [0.4, 0.5) is 0 Å². The van der Waals surface area contributed by atoms with Gasteiger partial charge in [0.25, 0.3) is 0 Å². The zero-order valence-electron chi connectivity index (χ0n) is 9.87. The molecule has 5 nitrogen and oxygen atoms in total. The highest BCUT2D eigenvalue weighted by Gasteiger charge is 2.22. The van der Waals surface area contributed by atoms with Gasteiger partial charge in [0, 0.05) is 13.1 Å². The Morgan fingerprint density at radius 2 is 2.25 bits per heavy atom. The molecule has 0 bridgehead atoms. The summed E-state index contributed by atoms with van der Waals surface area (Å²) in [5, 5.41) is 2.51. The Bertz CT molecular complexity index is 256. The highest BCUT2D eigenvalue weighted by Crippen LogP contribution is 2.18. The van der Waals surface area contributed by atoms with Crippen LogP contribution in [-0.4, -0.2) is 42.9 Å². The number of nitrogens with zero attached hydrogens (tertiary/aromatic N) is 1. The Morgan fingerprint density at radius 1 is 1.50 bits per heavy atom. The van der Waals surface area contributed by atoms with Gasteiger partial charge in [-0.15, -0.1) is 0 Å².